The summed E-state index contributed by atoms with van der Waals surface area (Å²) in [4.78, 5) is 19.8. The largest absolute Gasteiger partial charge is 0.486 e. The fourth-order valence-corrected chi connectivity index (χ4v) is 3.71. The SMILES string of the molecule is CCc1ccc(OCc2nc3ccccc3n2CC(=O)N(CC)c2ccccc2)cc1. The Morgan fingerprint density at radius 3 is 2.35 bits per heavy atom. The predicted octanol–water partition coefficient (Wildman–Crippen LogP) is 5.23. The van der Waals surface area contributed by atoms with Crippen LogP contribution in [0.5, 0.6) is 5.75 Å². The molecule has 0 bridgehead atoms. The smallest absolute Gasteiger partial charge is 0.246 e. The first-order valence-corrected chi connectivity index (χ1v) is 10.7. The van der Waals surface area contributed by atoms with E-state index in [0.29, 0.717) is 13.2 Å². The van der Waals surface area contributed by atoms with E-state index >= 15 is 0 Å². The van der Waals surface area contributed by atoms with Crippen LogP contribution in [0.4, 0.5) is 5.69 Å². The molecule has 1 amide bonds. The van der Waals surface area contributed by atoms with Crippen LogP contribution in [-0.2, 0) is 24.4 Å². The monoisotopic (exact) mass is 413 g/mol. The second kappa shape index (κ2) is 9.47. The lowest BCUT2D eigenvalue weighted by Crippen LogP contribution is -2.34. The zero-order chi connectivity index (χ0) is 21.6. The van der Waals surface area contributed by atoms with Crippen molar-refractivity contribution in [1.82, 2.24) is 9.55 Å². The van der Waals surface area contributed by atoms with Gasteiger partial charge in [0.05, 0.1) is 11.0 Å². The highest BCUT2D eigenvalue weighted by Gasteiger charge is 2.19. The average Bonchev–Trinajstić information content (AvgIpc) is 3.16. The summed E-state index contributed by atoms with van der Waals surface area (Å²) in [5.74, 6) is 1.55. The van der Waals surface area contributed by atoms with E-state index in [0.717, 1.165) is 34.7 Å². The normalized spacial score (nSPS) is 10.9. The molecule has 0 aliphatic rings. The molecular weight excluding hydrogens is 386 g/mol. The van der Waals surface area contributed by atoms with Crippen LogP contribution in [0, 0.1) is 0 Å². The molecule has 0 radical (unpaired) electrons. The molecular formula is C26H27N3O2. The number of likely N-dealkylation sites (N-methyl/N-ethyl adjacent to an activating group) is 1. The van der Waals surface area contributed by atoms with Gasteiger partial charge in [-0.05, 0) is 55.3 Å². The van der Waals surface area contributed by atoms with Gasteiger partial charge >= 0.3 is 0 Å². The Hall–Kier alpha value is -3.60. The van der Waals surface area contributed by atoms with Gasteiger partial charge in [-0.1, -0.05) is 49.4 Å². The van der Waals surface area contributed by atoms with Crippen molar-refractivity contribution in [3.8, 4) is 5.75 Å². The first-order valence-electron chi connectivity index (χ1n) is 10.7. The van der Waals surface area contributed by atoms with Crippen LogP contribution in [0.1, 0.15) is 25.2 Å². The molecule has 0 unspecified atom stereocenters. The van der Waals surface area contributed by atoms with Gasteiger partial charge in [0.25, 0.3) is 0 Å². The minimum absolute atomic E-state index is 0.0189. The van der Waals surface area contributed by atoms with Crippen LogP contribution in [0.15, 0.2) is 78.9 Å². The average molecular weight is 414 g/mol. The molecule has 0 fully saturated rings. The number of imidazole rings is 1. The molecule has 0 saturated carbocycles. The van der Waals surface area contributed by atoms with Crippen LogP contribution in [0.2, 0.25) is 0 Å². The third kappa shape index (κ3) is 4.61. The second-order valence-electron chi connectivity index (χ2n) is 7.36. The number of amides is 1. The van der Waals surface area contributed by atoms with Crippen molar-refractivity contribution in [2.45, 2.75) is 33.4 Å². The highest BCUT2D eigenvalue weighted by atomic mass is 16.5. The van der Waals surface area contributed by atoms with Gasteiger partial charge in [0.2, 0.25) is 5.91 Å². The van der Waals surface area contributed by atoms with Gasteiger partial charge in [0.1, 0.15) is 24.7 Å². The van der Waals surface area contributed by atoms with Gasteiger partial charge in [-0.3, -0.25) is 4.79 Å². The summed E-state index contributed by atoms with van der Waals surface area (Å²) in [7, 11) is 0. The lowest BCUT2D eigenvalue weighted by atomic mass is 10.2. The summed E-state index contributed by atoms with van der Waals surface area (Å²) >= 11 is 0. The Morgan fingerprint density at radius 1 is 0.935 bits per heavy atom. The van der Waals surface area contributed by atoms with E-state index in [9.17, 15) is 4.79 Å². The predicted molar refractivity (Wildman–Crippen MR) is 124 cm³/mol. The number of carbonyl (C=O) groups is 1. The van der Waals surface area contributed by atoms with Gasteiger partial charge < -0.3 is 14.2 Å². The number of anilines is 1. The van der Waals surface area contributed by atoms with E-state index in [-0.39, 0.29) is 12.5 Å². The number of benzene rings is 3. The van der Waals surface area contributed by atoms with Crippen molar-refractivity contribution in [2.24, 2.45) is 0 Å². The number of aryl methyl sites for hydroxylation is 1. The standard InChI is InChI=1S/C26H27N3O2/c1-3-20-14-16-22(17-15-20)31-19-25-27-23-12-8-9-13-24(23)29(25)18-26(30)28(4-2)21-10-6-5-7-11-21/h5-17H,3-4,18-19H2,1-2H3. The molecule has 0 saturated heterocycles. The van der Waals surface area contributed by atoms with Crippen molar-refractivity contribution in [3.05, 3.63) is 90.3 Å². The topological polar surface area (TPSA) is 47.4 Å². The van der Waals surface area contributed by atoms with Crippen LogP contribution < -0.4 is 9.64 Å². The number of fused-ring (bicyclic) bond motifs is 1. The van der Waals surface area contributed by atoms with E-state index in [1.165, 1.54) is 5.56 Å². The van der Waals surface area contributed by atoms with Gasteiger partial charge in [0, 0.05) is 12.2 Å². The molecule has 31 heavy (non-hydrogen) atoms. The number of rotatable bonds is 8. The molecule has 4 aromatic rings. The molecule has 1 aromatic heterocycles. The van der Waals surface area contributed by atoms with Crippen molar-refractivity contribution in [3.63, 3.8) is 0 Å². The Morgan fingerprint density at radius 2 is 1.65 bits per heavy atom. The third-order valence-corrected chi connectivity index (χ3v) is 5.41. The van der Waals surface area contributed by atoms with E-state index in [1.54, 1.807) is 4.90 Å². The maximum Gasteiger partial charge on any atom is 0.246 e. The number of carbonyl (C=O) groups excluding carboxylic acids is 1. The van der Waals surface area contributed by atoms with Gasteiger partial charge in [0.15, 0.2) is 0 Å². The number of hydrogen-bond acceptors (Lipinski definition) is 3. The summed E-state index contributed by atoms with van der Waals surface area (Å²) in [5, 5.41) is 0. The first kappa shape index (κ1) is 20.7. The Balaban J connectivity index is 1.59. The zero-order valence-electron chi connectivity index (χ0n) is 18.0. The number of nitrogens with zero attached hydrogens (tertiary/aromatic N) is 3. The Labute approximate surface area is 182 Å². The quantitative estimate of drug-likeness (QED) is 0.397. The molecule has 0 spiro atoms. The van der Waals surface area contributed by atoms with Crippen molar-refractivity contribution < 1.29 is 9.53 Å². The molecule has 1 heterocycles. The lowest BCUT2D eigenvalue weighted by molar-refractivity contribution is -0.119. The summed E-state index contributed by atoms with van der Waals surface area (Å²) in [6.07, 6.45) is 0.994. The minimum atomic E-state index is 0.0189. The maximum atomic E-state index is 13.2. The third-order valence-electron chi connectivity index (χ3n) is 5.41. The highest BCUT2D eigenvalue weighted by Crippen LogP contribution is 2.21. The van der Waals surface area contributed by atoms with E-state index < -0.39 is 0 Å². The van der Waals surface area contributed by atoms with E-state index in [1.807, 2.05) is 78.2 Å². The van der Waals surface area contributed by atoms with Crippen LogP contribution in [0.25, 0.3) is 11.0 Å². The van der Waals surface area contributed by atoms with Gasteiger partial charge in [-0.15, -0.1) is 0 Å². The summed E-state index contributed by atoms with van der Waals surface area (Å²) in [6, 6.07) is 25.7. The lowest BCUT2D eigenvalue weighted by Gasteiger charge is -2.22. The van der Waals surface area contributed by atoms with Gasteiger partial charge in [-0.25, -0.2) is 4.98 Å². The fraction of sp³-hybridized carbons (Fsp3) is 0.231. The Kier molecular flexibility index (Phi) is 6.32. The second-order valence-corrected chi connectivity index (χ2v) is 7.36. The summed E-state index contributed by atoms with van der Waals surface area (Å²) < 4.78 is 7.97. The van der Waals surface area contributed by atoms with Crippen molar-refractivity contribution >= 4 is 22.6 Å². The minimum Gasteiger partial charge on any atom is -0.486 e. The maximum absolute atomic E-state index is 13.2. The summed E-state index contributed by atoms with van der Waals surface area (Å²) in [5.41, 5.74) is 3.96. The molecule has 5 heteroatoms. The van der Waals surface area contributed by atoms with Crippen LogP contribution >= 0.6 is 0 Å². The molecule has 158 valence electrons. The van der Waals surface area contributed by atoms with Crippen LogP contribution in [-0.4, -0.2) is 22.0 Å². The molecule has 5 nitrogen and oxygen atoms in total. The summed E-state index contributed by atoms with van der Waals surface area (Å²) in [6.45, 7) is 5.22. The van der Waals surface area contributed by atoms with Crippen LogP contribution in [0.3, 0.4) is 0 Å². The molecule has 4 rings (SSSR count). The molecule has 0 N–H and O–H groups in total. The molecule has 3 aromatic carbocycles. The zero-order valence-corrected chi connectivity index (χ0v) is 18.0. The Bertz CT molecular complexity index is 1150. The number of hydrogen-bond donors (Lipinski definition) is 0. The van der Waals surface area contributed by atoms with Crippen molar-refractivity contribution in [1.29, 1.82) is 0 Å². The van der Waals surface area contributed by atoms with Crippen molar-refractivity contribution in [2.75, 3.05) is 11.4 Å². The highest BCUT2D eigenvalue weighted by molar-refractivity contribution is 5.94. The van der Waals surface area contributed by atoms with E-state index in [2.05, 4.69) is 19.1 Å². The molecule has 0 aliphatic carbocycles. The fourth-order valence-electron chi connectivity index (χ4n) is 3.71. The van der Waals surface area contributed by atoms with E-state index in [4.69, 9.17) is 9.72 Å². The number of aromatic nitrogens is 2. The number of para-hydroxylation sites is 3. The number of ether oxygens (including phenoxy) is 1. The molecule has 0 aliphatic heterocycles. The first-order chi connectivity index (χ1) is 15.2. The van der Waals surface area contributed by atoms with Gasteiger partial charge in [-0.2, -0.15) is 0 Å². The molecule has 0 atom stereocenters.